The molecule has 146 valence electrons. The van der Waals surface area contributed by atoms with E-state index < -0.39 is 0 Å². The average Bonchev–Trinajstić information content (AvgIpc) is 2.64. The number of hydrogen-bond donors (Lipinski definition) is 1. The van der Waals surface area contributed by atoms with E-state index in [0.717, 1.165) is 0 Å². The Hall–Kier alpha value is -2.12. The minimum Gasteiger partial charge on any atom is -0.379 e. The highest BCUT2D eigenvalue weighted by Gasteiger charge is 2.19. The third kappa shape index (κ3) is 5.94. The van der Waals surface area contributed by atoms with Gasteiger partial charge in [-0.05, 0) is 39.3 Å². The van der Waals surface area contributed by atoms with Gasteiger partial charge < -0.3 is 10.1 Å². The second-order valence-electron chi connectivity index (χ2n) is 6.44. The molecule has 0 saturated heterocycles. The molecule has 7 heteroatoms. The van der Waals surface area contributed by atoms with E-state index in [4.69, 9.17) is 4.74 Å². The summed E-state index contributed by atoms with van der Waals surface area (Å²) in [7, 11) is 0. The van der Waals surface area contributed by atoms with Crippen LogP contribution in [-0.2, 0) is 16.1 Å². The predicted molar refractivity (Wildman–Crippen MR) is 110 cm³/mol. The highest BCUT2D eigenvalue weighted by atomic mass is 32.2. The van der Waals surface area contributed by atoms with Crippen molar-refractivity contribution >= 4 is 28.6 Å². The lowest BCUT2D eigenvalue weighted by molar-refractivity contribution is -0.120. The molecule has 2 aromatic rings. The Labute approximate surface area is 164 Å². The number of hydrogen-bond acceptors (Lipinski definition) is 5. The van der Waals surface area contributed by atoms with E-state index in [1.165, 1.54) is 11.8 Å². The average molecular weight is 390 g/mol. The Bertz CT molecular complexity index is 848. The van der Waals surface area contributed by atoms with Crippen molar-refractivity contribution in [3.63, 3.8) is 0 Å². The number of nitrogens with one attached hydrogen (secondary N) is 1. The summed E-state index contributed by atoms with van der Waals surface area (Å²) < 4.78 is 7.23. The summed E-state index contributed by atoms with van der Waals surface area (Å²) in [5.41, 5.74) is 0.546. The molecule has 27 heavy (non-hydrogen) atoms. The molecule has 1 amide bonds. The van der Waals surface area contributed by atoms with Crippen LogP contribution in [0, 0.1) is 0 Å². The lowest BCUT2D eigenvalue weighted by atomic mass is 10.2. The van der Waals surface area contributed by atoms with E-state index in [1.807, 2.05) is 32.0 Å². The van der Waals surface area contributed by atoms with Crippen molar-refractivity contribution in [1.82, 2.24) is 14.9 Å². The van der Waals surface area contributed by atoms with Gasteiger partial charge >= 0.3 is 0 Å². The minimum atomic E-state index is -0.379. The lowest BCUT2D eigenvalue weighted by Crippen LogP contribution is -2.32. The van der Waals surface area contributed by atoms with Gasteiger partial charge in [-0.25, -0.2) is 4.98 Å². The Kier molecular flexibility index (Phi) is 8.06. The molecule has 0 spiro atoms. The molecule has 1 N–H and O–H groups in total. The van der Waals surface area contributed by atoms with Crippen LogP contribution in [0.15, 0.2) is 46.9 Å². The van der Waals surface area contributed by atoms with Crippen LogP contribution in [0.1, 0.15) is 27.2 Å². The van der Waals surface area contributed by atoms with Crippen molar-refractivity contribution in [2.24, 2.45) is 0 Å². The third-order valence-corrected chi connectivity index (χ3v) is 4.97. The Morgan fingerprint density at radius 3 is 2.81 bits per heavy atom. The predicted octanol–water partition coefficient (Wildman–Crippen LogP) is 2.99. The molecular formula is C20H27N3O3S. The molecule has 1 heterocycles. The molecule has 2 rings (SSSR count). The van der Waals surface area contributed by atoms with Gasteiger partial charge in [-0.15, -0.1) is 6.58 Å². The molecule has 1 aromatic carbocycles. The van der Waals surface area contributed by atoms with Gasteiger partial charge in [0, 0.05) is 19.7 Å². The maximum Gasteiger partial charge on any atom is 0.262 e. The summed E-state index contributed by atoms with van der Waals surface area (Å²) in [6, 6.07) is 7.27. The minimum absolute atomic E-state index is 0.0913. The van der Waals surface area contributed by atoms with Gasteiger partial charge in [0.05, 0.1) is 22.3 Å². The molecule has 1 aromatic heterocycles. The van der Waals surface area contributed by atoms with Crippen molar-refractivity contribution in [2.45, 2.75) is 50.2 Å². The van der Waals surface area contributed by atoms with E-state index in [9.17, 15) is 9.59 Å². The van der Waals surface area contributed by atoms with Gasteiger partial charge in [0.25, 0.3) is 5.56 Å². The Morgan fingerprint density at radius 2 is 2.11 bits per heavy atom. The van der Waals surface area contributed by atoms with Crippen LogP contribution in [0.3, 0.4) is 0 Å². The van der Waals surface area contributed by atoms with Crippen molar-refractivity contribution in [2.75, 3.05) is 13.2 Å². The molecule has 0 radical (unpaired) electrons. The number of amides is 1. The fourth-order valence-corrected chi connectivity index (χ4v) is 3.46. The molecule has 0 fully saturated rings. The van der Waals surface area contributed by atoms with Crippen LogP contribution in [0.2, 0.25) is 0 Å². The summed E-state index contributed by atoms with van der Waals surface area (Å²) in [4.78, 5) is 29.8. The van der Waals surface area contributed by atoms with Gasteiger partial charge in [0.15, 0.2) is 5.16 Å². The summed E-state index contributed by atoms with van der Waals surface area (Å²) >= 11 is 1.29. The molecule has 0 aliphatic rings. The van der Waals surface area contributed by atoms with Crippen LogP contribution in [0.25, 0.3) is 10.9 Å². The number of benzene rings is 1. The van der Waals surface area contributed by atoms with Crippen LogP contribution in [-0.4, -0.2) is 40.0 Å². The molecular weight excluding hydrogens is 362 g/mol. The van der Waals surface area contributed by atoms with Gasteiger partial charge in [-0.1, -0.05) is 30.0 Å². The third-order valence-electron chi connectivity index (χ3n) is 3.88. The number of aromatic nitrogens is 2. The number of rotatable bonds is 10. The number of para-hydroxylation sites is 1. The molecule has 0 aliphatic carbocycles. The molecule has 0 aliphatic heterocycles. The van der Waals surface area contributed by atoms with Crippen LogP contribution in [0.5, 0.6) is 0 Å². The SMILES string of the molecule is C=CCNC(=O)[C@@H](C)Sc1nc2ccccc2c(=O)n1CCCOC(C)C. The fraction of sp³-hybridized carbons (Fsp3) is 0.450. The van der Waals surface area contributed by atoms with Gasteiger partial charge in [0.1, 0.15) is 0 Å². The first-order valence-electron chi connectivity index (χ1n) is 9.10. The molecule has 0 unspecified atom stereocenters. The van der Waals surface area contributed by atoms with Crippen molar-refractivity contribution in [3.8, 4) is 0 Å². The van der Waals surface area contributed by atoms with Crippen LogP contribution >= 0.6 is 11.8 Å². The quantitative estimate of drug-likeness (QED) is 0.293. The first-order valence-corrected chi connectivity index (χ1v) is 9.98. The fourth-order valence-electron chi connectivity index (χ4n) is 2.50. The van der Waals surface area contributed by atoms with Crippen LogP contribution < -0.4 is 10.9 Å². The first kappa shape index (κ1) is 21.2. The molecule has 0 saturated carbocycles. The highest BCUT2D eigenvalue weighted by molar-refractivity contribution is 8.00. The van der Waals surface area contributed by atoms with Crippen LogP contribution in [0.4, 0.5) is 0 Å². The summed E-state index contributed by atoms with van der Waals surface area (Å²) in [6.07, 6.45) is 2.48. The van der Waals surface area contributed by atoms with E-state index in [0.29, 0.717) is 42.2 Å². The maximum absolute atomic E-state index is 13.0. The number of fused-ring (bicyclic) bond motifs is 1. The number of nitrogens with zero attached hydrogens (tertiary/aromatic N) is 2. The highest BCUT2D eigenvalue weighted by Crippen LogP contribution is 2.23. The second-order valence-corrected chi connectivity index (χ2v) is 7.74. The van der Waals surface area contributed by atoms with E-state index >= 15 is 0 Å². The van der Waals surface area contributed by atoms with Gasteiger partial charge in [-0.2, -0.15) is 0 Å². The summed E-state index contributed by atoms with van der Waals surface area (Å²) in [5, 5.41) is 3.52. The van der Waals surface area contributed by atoms with E-state index in [-0.39, 0.29) is 22.8 Å². The summed E-state index contributed by atoms with van der Waals surface area (Å²) in [6.45, 7) is 10.8. The molecule has 6 nitrogen and oxygen atoms in total. The Morgan fingerprint density at radius 1 is 1.37 bits per heavy atom. The monoisotopic (exact) mass is 389 g/mol. The van der Waals surface area contributed by atoms with Crippen molar-refractivity contribution in [1.29, 1.82) is 0 Å². The number of carbonyl (C=O) groups excluding carboxylic acids is 1. The van der Waals surface area contributed by atoms with Gasteiger partial charge in [-0.3, -0.25) is 14.2 Å². The Balaban J connectivity index is 2.28. The number of thioether (sulfide) groups is 1. The lowest BCUT2D eigenvalue weighted by Gasteiger charge is -2.16. The van der Waals surface area contributed by atoms with Gasteiger partial charge in [0.2, 0.25) is 5.91 Å². The normalized spacial score (nSPS) is 12.3. The zero-order chi connectivity index (χ0) is 19.8. The molecule has 1 atom stereocenters. The summed E-state index contributed by atoms with van der Waals surface area (Å²) in [5.74, 6) is -0.114. The first-order chi connectivity index (χ1) is 12.9. The molecule has 0 bridgehead atoms. The second kappa shape index (κ2) is 10.3. The van der Waals surface area contributed by atoms with E-state index in [1.54, 1.807) is 23.6 Å². The van der Waals surface area contributed by atoms with Crippen molar-refractivity contribution in [3.05, 3.63) is 47.3 Å². The van der Waals surface area contributed by atoms with Crippen molar-refractivity contribution < 1.29 is 9.53 Å². The zero-order valence-corrected chi connectivity index (χ0v) is 16.9. The smallest absolute Gasteiger partial charge is 0.262 e. The standard InChI is InChI=1S/C20H27N3O3S/c1-5-11-21-18(24)15(4)27-20-22-17-10-7-6-9-16(17)19(25)23(20)12-8-13-26-14(2)3/h5-7,9-10,14-15H,1,8,11-13H2,2-4H3,(H,21,24)/t15-/m1/s1. The number of carbonyl (C=O) groups is 1. The topological polar surface area (TPSA) is 73.2 Å². The number of ether oxygens (including phenoxy) is 1. The zero-order valence-electron chi connectivity index (χ0n) is 16.1. The maximum atomic E-state index is 13.0. The largest absolute Gasteiger partial charge is 0.379 e. The van der Waals surface area contributed by atoms with E-state index in [2.05, 4.69) is 16.9 Å².